The van der Waals surface area contributed by atoms with Crippen molar-refractivity contribution in [2.24, 2.45) is 5.92 Å². The maximum Gasteiger partial charge on any atom is 0.442 e. The molecule has 0 fully saturated rings. The standard InChI is InChI=1S/C8H9ClF3N3O2/c1-4(2)3-14-7(9)5(15(16)17)6(13-14)8(10,11)12/h4H,3H2,1-2H3. The maximum absolute atomic E-state index is 12.5. The first kappa shape index (κ1) is 13.8. The molecule has 0 aliphatic heterocycles. The summed E-state index contributed by atoms with van der Waals surface area (Å²) in [6.07, 6.45) is -4.89. The molecule has 1 rings (SSSR count). The molecule has 0 aromatic carbocycles. The van der Waals surface area contributed by atoms with E-state index >= 15 is 0 Å². The lowest BCUT2D eigenvalue weighted by Crippen LogP contribution is -2.11. The number of halogens is 4. The minimum atomic E-state index is -4.89. The molecule has 1 aromatic heterocycles. The van der Waals surface area contributed by atoms with E-state index in [-0.39, 0.29) is 12.5 Å². The van der Waals surface area contributed by atoms with Crippen molar-refractivity contribution in [3.8, 4) is 0 Å². The maximum atomic E-state index is 12.5. The molecule has 0 saturated carbocycles. The van der Waals surface area contributed by atoms with Crippen LogP contribution in [0.1, 0.15) is 19.5 Å². The van der Waals surface area contributed by atoms with Gasteiger partial charge in [0.2, 0.25) is 10.8 Å². The smallest absolute Gasteiger partial charge is 0.258 e. The SMILES string of the molecule is CC(C)Cn1nc(C(F)(F)F)c([N+](=O)[O-])c1Cl. The summed E-state index contributed by atoms with van der Waals surface area (Å²) in [5.41, 5.74) is -2.76. The van der Waals surface area contributed by atoms with Gasteiger partial charge in [-0.05, 0) is 5.92 Å². The van der Waals surface area contributed by atoms with Crippen LogP contribution in [0.3, 0.4) is 0 Å². The third-order valence-electron chi connectivity index (χ3n) is 1.86. The van der Waals surface area contributed by atoms with Crippen molar-refractivity contribution in [1.82, 2.24) is 9.78 Å². The molecule has 1 heterocycles. The van der Waals surface area contributed by atoms with Gasteiger partial charge in [-0.3, -0.25) is 10.1 Å². The summed E-state index contributed by atoms with van der Waals surface area (Å²) in [4.78, 5) is 9.38. The molecule has 0 N–H and O–H groups in total. The van der Waals surface area contributed by atoms with E-state index < -0.39 is 27.6 Å². The van der Waals surface area contributed by atoms with Crippen LogP contribution in [0.25, 0.3) is 0 Å². The summed E-state index contributed by atoms with van der Waals surface area (Å²) < 4.78 is 38.3. The van der Waals surface area contributed by atoms with E-state index in [0.717, 1.165) is 4.68 Å². The fraction of sp³-hybridized carbons (Fsp3) is 0.625. The number of alkyl halides is 3. The molecular formula is C8H9ClF3N3O2. The summed E-state index contributed by atoms with van der Waals surface area (Å²) >= 11 is 5.53. The Kier molecular flexibility index (Phi) is 3.65. The van der Waals surface area contributed by atoms with E-state index in [9.17, 15) is 23.3 Å². The van der Waals surface area contributed by atoms with Crippen molar-refractivity contribution in [3.63, 3.8) is 0 Å². The Morgan fingerprint density at radius 2 is 2.06 bits per heavy atom. The molecule has 0 aliphatic rings. The molecule has 0 aliphatic carbocycles. The van der Waals surface area contributed by atoms with Gasteiger partial charge in [0.25, 0.3) is 0 Å². The Balaban J connectivity index is 3.35. The van der Waals surface area contributed by atoms with Crippen LogP contribution in [0, 0.1) is 16.0 Å². The van der Waals surface area contributed by atoms with Crippen LogP contribution in [0.5, 0.6) is 0 Å². The van der Waals surface area contributed by atoms with Gasteiger partial charge in [-0.2, -0.15) is 18.3 Å². The third-order valence-corrected chi connectivity index (χ3v) is 2.23. The lowest BCUT2D eigenvalue weighted by atomic mass is 10.2. The molecule has 96 valence electrons. The first-order chi connectivity index (χ1) is 7.64. The Morgan fingerprint density at radius 3 is 2.35 bits per heavy atom. The highest BCUT2D eigenvalue weighted by Gasteiger charge is 2.44. The van der Waals surface area contributed by atoms with Crippen molar-refractivity contribution in [3.05, 3.63) is 21.0 Å². The van der Waals surface area contributed by atoms with Crippen LogP contribution in [-0.2, 0) is 12.7 Å². The van der Waals surface area contributed by atoms with Gasteiger partial charge in [0.1, 0.15) is 0 Å². The van der Waals surface area contributed by atoms with Crippen LogP contribution in [0.2, 0.25) is 5.15 Å². The van der Waals surface area contributed by atoms with E-state index in [1.807, 2.05) is 0 Å². The van der Waals surface area contributed by atoms with Crippen LogP contribution >= 0.6 is 11.6 Å². The Hall–Kier alpha value is -1.31. The number of aromatic nitrogens is 2. The summed E-state index contributed by atoms with van der Waals surface area (Å²) in [6.45, 7) is 3.55. The first-order valence-electron chi connectivity index (χ1n) is 4.62. The number of hydrogen-bond acceptors (Lipinski definition) is 3. The zero-order valence-corrected chi connectivity index (χ0v) is 9.71. The van der Waals surface area contributed by atoms with Gasteiger partial charge in [-0.25, -0.2) is 4.68 Å². The van der Waals surface area contributed by atoms with Gasteiger partial charge in [0, 0.05) is 6.54 Å². The monoisotopic (exact) mass is 271 g/mol. The topological polar surface area (TPSA) is 61.0 Å². The highest BCUT2D eigenvalue weighted by Crippen LogP contribution is 2.39. The average Bonchev–Trinajstić information content (AvgIpc) is 2.42. The first-order valence-corrected chi connectivity index (χ1v) is 5.00. The van der Waals surface area contributed by atoms with E-state index in [1.165, 1.54) is 0 Å². The van der Waals surface area contributed by atoms with Gasteiger partial charge in [-0.1, -0.05) is 25.4 Å². The molecule has 0 atom stereocenters. The number of hydrogen-bond donors (Lipinski definition) is 0. The van der Waals surface area contributed by atoms with Gasteiger partial charge in [-0.15, -0.1) is 0 Å². The molecule has 0 amide bonds. The van der Waals surface area contributed by atoms with E-state index in [4.69, 9.17) is 11.6 Å². The second-order valence-electron chi connectivity index (χ2n) is 3.82. The van der Waals surface area contributed by atoms with Crippen molar-refractivity contribution >= 4 is 17.3 Å². The third kappa shape index (κ3) is 2.87. The van der Waals surface area contributed by atoms with Crippen molar-refractivity contribution in [2.75, 3.05) is 0 Å². The van der Waals surface area contributed by atoms with E-state index in [2.05, 4.69) is 5.10 Å². The van der Waals surface area contributed by atoms with Crippen molar-refractivity contribution < 1.29 is 18.1 Å². The second kappa shape index (κ2) is 4.52. The fourth-order valence-electron chi connectivity index (χ4n) is 1.25. The van der Waals surface area contributed by atoms with E-state index in [1.54, 1.807) is 13.8 Å². The fourth-order valence-corrected chi connectivity index (χ4v) is 1.52. The summed E-state index contributed by atoms with van der Waals surface area (Å²) in [6, 6.07) is 0. The molecule has 0 unspecified atom stereocenters. The summed E-state index contributed by atoms with van der Waals surface area (Å²) in [5.74, 6) is -0.0342. The predicted molar refractivity (Wildman–Crippen MR) is 53.7 cm³/mol. The molecule has 5 nitrogen and oxygen atoms in total. The van der Waals surface area contributed by atoms with Crippen LogP contribution in [0.15, 0.2) is 0 Å². The molecule has 0 spiro atoms. The number of nitrogens with zero attached hydrogens (tertiary/aromatic N) is 3. The zero-order chi connectivity index (χ0) is 13.4. The summed E-state index contributed by atoms with van der Waals surface area (Å²) in [7, 11) is 0. The van der Waals surface area contributed by atoms with Gasteiger partial charge in [0.15, 0.2) is 0 Å². The zero-order valence-electron chi connectivity index (χ0n) is 8.95. The highest BCUT2D eigenvalue weighted by molar-refractivity contribution is 6.31. The highest BCUT2D eigenvalue weighted by atomic mass is 35.5. The lowest BCUT2D eigenvalue weighted by molar-refractivity contribution is -0.388. The molecule has 0 saturated heterocycles. The molecule has 1 aromatic rings. The second-order valence-corrected chi connectivity index (χ2v) is 4.18. The minimum Gasteiger partial charge on any atom is -0.258 e. The molecular weight excluding hydrogens is 263 g/mol. The largest absolute Gasteiger partial charge is 0.442 e. The predicted octanol–water partition coefficient (Wildman–Crippen LogP) is 3.12. The summed E-state index contributed by atoms with van der Waals surface area (Å²) in [5, 5.41) is 13.1. The van der Waals surface area contributed by atoms with Crippen LogP contribution in [-0.4, -0.2) is 14.7 Å². The van der Waals surface area contributed by atoms with E-state index in [0.29, 0.717) is 0 Å². The molecule has 0 bridgehead atoms. The molecule has 9 heteroatoms. The lowest BCUT2D eigenvalue weighted by Gasteiger charge is -2.04. The average molecular weight is 272 g/mol. The Bertz CT molecular complexity index is 442. The van der Waals surface area contributed by atoms with Crippen molar-refractivity contribution in [2.45, 2.75) is 26.6 Å². The van der Waals surface area contributed by atoms with Crippen LogP contribution < -0.4 is 0 Å². The van der Waals surface area contributed by atoms with Gasteiger partial charge >= 0.3 is 11.9 Å². The van der Waals surface area contributed by atoms with Gasteiger partial charge < -0.3 is 0 Å². The Morgan fingerprint density at radius 1 is 1.53 bits per heavy atom. The van der Waals surface area contributed by atoms with Crippen LogP contribution in [0.4, 0.5) is 18.9 Å². The quantitative estimate of drug-likeness (QED) is 0.627. The normalized spacial score (nSPS) is 12.2. The van der Waals surface area contributed by atoms with Gasteiger partial charge in [0.05, 0.1) is 4.92 Å². The minimum absolute atomic E-state index is 0.0342. The van der Waals surface area contributed by atoms with Crippen molar-refractivity contribution in [1.29, 1.82) is 0 Å². The number of rotatable bonds is 3. The molecule has 0 radical (unpaired) electrons. The number of nitro groups is 1. The molecule has 17 heavy (non-hydrogen) atoms. The Labute approximate surface area is 99.3 Å².